The van der Waals surface area contributed by atoms with Crippen LogP contribution in [0, 0.1) is 0 Å². The molecule has 0 aromatic carbocycles. The summed E-state index contributed by atoms with van der Waals surface area (Å²) in [5.41, 5.74) is 0. The third-order valence-corrected chi connectivity index (χ3v) is 102. The van der Waals surface area contributed by atoms with Crippen molar-refractivity contribution in [3.05, 3.63) is 0 Å². The van der Waals surface area contributed by atoms with Gasteiger partial charge in [0.05, 0.1) is 0 Å². The summed E-state index contributed by atoms with van der Waals surface area (Å²) in [6.45, 7) is 37.5. The first-order valence-electron chi connectivity index (χ1n) is 10.9. The molecule has 3 fully saturated rings. The van der Waals surface area contributed by atoms with Crippen molar-refractivity contribution in [2.75, 3.05) is 0 Å². The summed E-state index contributed by atoms with van der Waals surface area (Å²) in [6, 6.07) is 0. The van der Waals surface area contributed by atoms with Crippen LogP contribution in [0.5, 0.6) is 0 Å². The van der Waals surface area contributed by atoms with E-state index in [1.54, 1.807) is 12.8 Å². The van der Waals surface area contributed by atoms with Crippen LogP contribution in [-0.4, -0.2) is 45.5 Å². The second-order valence-corrected chi connectivity index (χ2v) is 63.3. The van der Waals surface area contributed by atoms with E-state index in [9.17, 15) is 0 Å². The van der Waals surface area contributed by atoms with E-state index in [-0.39, 0.29) is 0 Å². The van der Waals surface area contributed by atoms with E-state index in [0.717, 1.165) is 4.28 Å². The van der Waals surface area contributed by atoms with Crippen LogP contribution in [0.25, 0.3) is 0 Å². The molecule has 25 heavy (non-hydrogen) atoms. The first kappa shape index (κ1) is 22.6. The van der Waals surface area contributed by atoms with Gasteiger partial charge in [-0.25, -0.2) is 0 Å². The standard InChI is InChI=1S/C19H48Si6/c1-14-15-16-17-19-23(8,9)20(2,3)18(21(4,5)24(19,10)11)22(6,7)25(19,12)13/h18H,14-17H2,1-13H3. The zero-order valence-corrected chi connectivity index (χ0v) is 25.9. The lowest BCUT2D eigenvalue weighted by Crippen LogP contribution is -3.00. The lowest BCUT2D eigenvalue weighted by atomic mass is 10.2. The van der Waals surface area contributed by atoms with Crippen LogP contribution in [0.1, 0.15) is 32.6 Å². The fraction of sp³-hybridized carbons (Fsp3) is 1.00. The van der Waals surface area contributed by atoms with E-state index in [4.69, 9.17) is 0 Å². The molecule has 0 spiro atoms. The average molecular weight is 445 g/mol. The zero-order chi connectivity index (χ0) is 19.9. The van der Waals surface area contributed by atoms with Gasteiger partial charge in [0.15, 0.2) is 0 Å². The van der Waals surface area contributed by atoms with Gasteiger partial charge in [0, 0.05) is 45.5 Å². The maximum Gasteiger partial charge on any atom is 0.0415 e. The molecule has 3 saturated heterocycles. The van der Waals surface area contributed by atoms with Crippen molar-refractivity contribution in [3.8, 4) is 0 Å². The van der Waals surface area contributed by atoms with E-state index in [0.29, 0.717) is 0 Å². The Hall–Kier alpha value is 1.30. The molecule has 0 aromatic rings. The Labute approximate surface area is 165 Å². The van der Waals surface area contributed by atoms with Crippen LogP contribution in [0.4, 0.5) is 0 Å². The molecule has 3 aliphatic heterocycles. The van der Waals surface area contributed by atoms with Crippen LogP contribution < -0.4 is 0 Å². The lowest BCUT2D eigenvalue weighted by molar-refractivity contribution is 0.647. The fourth-order valence-electron chi connectivity index (χ4n) is 9.36. The maximum atomic E-state index is 2.94. The highest BCUT2D eigenvalue weighted by Crippen LogP contribution is 2.76. The molecule has 6 heteroatoms. The van der Waals surface area contributed by atoms with Crippen LogP contribution in [0.2, 0.25) is 87.6 Å². The smallest absolute Gasteiger partial charge is 0.0415 e. The first-order chi connectivity index (χ1) is 10.9. The van der Waals surface area contributed by atoms with Crippen molar-refractivity contribution in [2.24, 2.45) is 0 Å². The van der Waals surface area contributed by atoms with Gasteiger partial charge in [-0.3, -0.25) is 0 Å². The lowest BCUT2D eigenvalue weighted by Gasteiger charge is -2.85. The van der Waals surface area contributed by atoms with Gasteiger partial charge in [0.25, 0.3) is 0 Å². The molecule has 3 rings (SSSR count). The van der Waals surface area contributed by atoms with Crippen molar-refractivity contribution in [1.82, 2.24) is 0 Å². The Kier molecular flexibility index (Phi) is 5.34. The maximum absolute atomic E-state index is 2.94. The minimum absolute atomic E-state index is 0.929. The number of hydrogen-bond acceptors (Lipinski definition) is 0. The van der Waals surface area contributed by atoms with Crippen molar-refractivity contribution in [3.63, 3.8) is 0 Å². The monoisotopic (exact) mass is 444 g/mol. The van der Waals surface area contributed by atoms with Crippen molar-refractivity contribution in [1.29, 1.82) is 0 Å². The van der Waals surface area contributed by atoms with Gasteiger partial charge in [0.1, 0.15) is 0 Å². The van der Waals surface area contributed by atoms with Gasteiger partial charge in [-0.1, -0.05) is 116 Å². The van der Waals surface area contributed by atoms with Crippen molar-refractivity contribution in [2.45, 2.75) is 120 Å². The molecule has 0 nitrogen and oxygen atoms in total. The van der Waals surface area contributed by atoms with E-state index < -0.39 is 45.5 Å². The molecule has 2 bridgehead atoms. The Morgan fingerprint density at radius 1 is 0.560 bits per heavy atom. The molecule has 0 aliphatic carbocycles. The third-order valence-electron chi connectivity index (χ3n) is 11.4. The first-order valence-corrected chi connectivity index (χ1v) is 32.2. The second-order valence-electron chi connectivity index (χ2n) is 12.8. The number of rotatable bonds is 4. The topological polar surface area (TPSA) is 0 Å². The summed E-state index contributed by atoms with van der Waals surface area (Å²) in [4.78, 5) is 1.31. The molecule has 0 atom stereocenters. The van der Waals surface area contributed by atoms with E-state index in [1.807, 2.05) is 0 Å². The molecule has 0 N–H and O–H groups in total. The minimum atomic E-state index is -1.21. The summed E-state index contributed by atoms with van der Waals surface area (Å²) in [5.74, 6) is 0. The molecule has 0 saturated carbocycles. The molecule has 3 aliphatic rings. The molecule has 0 unspecified atom stereocenters. The normalized spacial score (nSPS) is 38.5. The molecule has 0 amide bonds. The predicted molar refractivity (Wildman–Crippen MR) is 135 cm³/mol. The van der Waals surface area contributed by atoms with E-state index >= 15 is 0 Å². The Balaban J connectivity index is 2.89. The highest BCUT2D eigenvalue weighted by Gasteiger charge is 2.86. The molecular weight excluding hydrogens is 397 g/mol. The summed E-state index contributed by atoms with van der Waals surface area (Å²) in [5, 5.41) is 0. The Bertz CT molecular complexity index is 475. The summed E-state index contributed by atoms with van der Waals surface area (Å²) in [7, 11) is -7.09. The third kappa shape index (κ3) is 2.18. The number of fused-ring (bicyclic) bond motifs is 3. The van der Waals surface area contributed by atoms with Gasteiger partial charge in [0.2, 0.25) is 0 Å². The Morgan fingerprint density at radius 3 is 1.16 bits per heavy atom. The van der Waals surface area contributed by atoms with Crippen molar-refractivity contribution >= 4 is 45.5 Å². The average Bonchev–Trinajstić information content (AvgIpc) is 2.38. The zero-order valence-electron chi connectivity index (χ0n) is 19.9. The van der Waals surface area contributed by atoms with E-state index in [1.165, 1.54) is 17.6 Å². The minimum Gasteiger partial charge on any atom is -0.0715 e. The van der Waals surface area contributed by atoms with E-state index in [2.05, 4.69) is 85.5 Å². The van der Waals surface area contributed by atoms with Crippen LogP contribution >= 0.6 is 0 Å². The van der Waals surface area contributed by atoms with Crippen LogP contribution in [0.3, 0.4) is 0 Å². The molecule has 148 valence electrons. The summed E-state index contributed by atoms with van der Waals surface area (Å²) >= 11 is 0. The quantitative estimate of drug-likeness (QED) is 0.314. The molecule has 3 heterocycles. The van der Waals surface area contributed by atoms with Gasteiger partial charge in [-0.15, -0.1) is 0 Å². The molecule has 0 radical (unpaired) electrons. The number of hydrogen-bond donors (Lipinski definition) is 0. The summed E-state index contributed by atoms with van der Waals surface area (Å²) < 4.78 is 0.929. The van der Waals surface area contributed by atoms with Gasteiger partial charge in [-0.05, 0) is 4.28 Å². The largest absolute Gasteiger partial charge is 0.0715 e. The van der Waals surface area contributed by atoms with Gasteiger partial charge >= 0.3 is 0 Å². The van der Waals surface area contributed by atoms with Crippen LogP contribution in [0.15, 0.2) is 0 Å². The van der Waals surface area contributed by atoms with Gasteiger partial charge in [-0.2, -0.15) is 0 Å². The second kappa shape index (κ2) is 5.91. The van der Waals surface area contributed by atoms with Gasteiger partial charge < -0.3 is 0 Å². The highest BCUT2D eigenvalue weighted by atomic mass is 29.4. The number of unbranched alkanes of at least 4 members (excludes halogenated alkanes) is 2. The molecule has 0 aromatic heterocycles. The molecular formula is C19H48Si6. The SMILES string of the molecule is CCCCCC12[Si](C)(C)[Si](C)(C)C([Si](C)(C)[Si]1(C)C)[Si](C)(C)[Si]2(C)C. The highest BCUT2D eigenvalue weighted by molar-refractivity contribution is 7.76. The predicted octanol–water partition coefficient (Wildman–Crippen LogP) is 7.35. The Morgan fingerprint density at radius 2 is 0.880 bits per heavy atom. The fourth-order valence-corrected chi connectivity index (χ4v) is 156. The summed E-state index contributed by atoms with van der Waals surface area (Å²) in [6.07, 6.45) is 6.09. The van der Waals surface area contributed by atoms with Crippen molar-refractivity contribution < 1.29 is 0 Å². The van der Waals surface area contributed by atoms with Crippen LogP contribution in [-0.2, 0) is 0 Å².